The van der Waals surface area contributed by atoms with Gasteiger partial charge < -0.3 is 12.9 Å². The summed E-state index contributed by atoms with van der Waals surface area (Å²) in [5.41, 5.74) is -3.76. The van der Waals surface area contributed by atoms with Crippen LogP contribution in [0.1, 0.15) is 15.9 Å². The predicted octanol–water partition coefficient (Wildman–Crippen LogP) is -0.424. The van der Waals surface area contributed by atoms with Crippen LogP contribution in [0.3, 0.4) is 0 Å². The zero-order valence-electron chi connectivity index (χ0n) is 8.56. The molecule has 0 heterocycles. The number of alkyl halides is 3. The van der Waals surface area contributed by atoms with E-state index < -0.39 is 29.7 Å². The SMILES string of the molecule is O=Cc1ccc([B-](F)(F)F)cc1C(F)(F)F.[K+]. The van der Waals surface area contributed by atoms with Gasteiger partial charge in [-0.3, -0.25) is 4.79 Å². The second kappa shape index (κ2) is 5.87. The standard InChI is InChI=1S/C8H4BF6O.K/c10-8(11,12)7-3-6(9(13,14)15)2-1-5(7)4-16;/h1-4H;/q-1;+1. The molecule has 1 rings (SSSR count). The van der Waals surface area contributed by atoms with Gasteiger partial charge >= 0.3 is 64.5 Å². The smallest absolute Gasteiger partial charge is 0.445 e. The van der Waals surface area contributed by atoms with E-state index in [1.165, 1.54) is 0 Å². The average Bonchev–Trinajstić information content (AvgIpc) is 2.14. The van der Waals surface area contributed by atoms with Crippen LogP contribution in [0.15, 0.2) is 18.2 Å². The first-order valence-corrected chi connectivity index (χ1v) is 4.02. The molecule has 0 unspecified atom stereocenters. The van der Waals surface area contributed by atoms with Gasteiger partial charge in [0.2, 0.25) is 0 Å². The summed E-state index contributed by atoms with van der Waals surface area (Å²) in [6, 6.07) is 0.920. The van der Waals surface area contributed by atoms with Crippen molar-refractivity contribution in [3.63, 3.8) is 0 Å². The molecule has 0 fully saturated rings. The van der Waals surface area contributed by atoms with Gasteiger partial charge in [-0.1, -0.05) is 18.2 Å². The van der Waals surface area contributed by atoms with Crippen molar-refractivity contribution >= 4 is 18.7 Å². The number of carbonyl (C=O) groups is 1. The zero-order chi connectivity index (χ0) is 12.6. The molecule has 0 aliphatic heterocycles. The van der Waals surface area contributed by atoms with Crippen molar-refractivity contribution in [2.75, 3.05) is 0 Å². The first-order chi connectivity index (χ1) is 7.16. The van der Waals surface area contributed by atoms with E-state index >= 15 is 0 Å². The minimum atomic E-state index is -5.51. The Labute approximate surface area is 135 Å². The van der Waals surface area contributed by atoms with E-state index in [1.807, 2.05) is 0 Å². The third-order valence-corrected chi connectivity index (χ3v) is 1.89. The van der Waals surface area contributed by atoms with Gasteiger partial charge in [-0.2, -0.15) is 13.2 Å². The molecule has 0 N–H and O–H groups in total. The van der Waals surface area contributed by atoms with Gasteiger partial charge in [0.1, 0.15) is 0 Å². The Balaban J connectivity index is 0.00000256. The molecule has 0 aliphatic carbocycles. The van der Waals surface area contributed by atoms with E-state index in [4.69, 9.17) is 0 Å². The van der Waals surface area contributed by atoms with Gasteiger partial charge in [-0.25, -0.2) is 0 Å². The van der Waals surface area contributed by atoms with Crippen molar-refractivity contribution in [2.45, 2.75) is 6.18 Å². The van der Waals surface area contributed by atoms with E-state index in [9.17, 15) is 30.9 Å². The van der Waals surface area contributed by atoms with Crippen molar-refractivity contribution in [2.24, 2.45) is 0 Å². The molecule has 1 aromatic rings. The Morgan fingerprint density at radius 3 is 2.00 bits per heavy atom. The molecular formula is C8H4BF6KO. The van der Waals surface area contributed by atoms with E-state index in [0.717, 1.165) is 0 Å². The summed E-state index contributed by atoms with van der Waals surface area (Å²) < 4.78 is 73.4. The minimum absolute atomic E-state index is 0. The molecule has 88 valence electrons. The summed E-state index contributed by atoms with van der Waals surface area (Å²) in [7, 11) is 0. The fourth-order valence-electron chi connectivity index (χ4n) is 1.13. The number of halogens is 6. The Morgan fingerprint density at radius 2 is 1.65 bits per heavy atom. The maximum atomic E-state index is 12.3. The molecule has 9 heteroatoms. The predicted molar refractivity (Wildman–Crippen MR) is 45.5 cm³/mol. The maximum Gasteiger partial charge on any atom is 1.00 e. The summed E-state index contributed by atoms with van der Waals surface area (Å²) in [6.45, 7) is -5.51. The number of aldehydes is 1. The molecule has 1 nitrogen and oxygen atoms in total. The molecular weight excluding hydrogens is 276 g/mol. The van der Waals surface area contributed by atoms with Crippen LogP contribution >= 0.6 is 0 Å². The number of benzene rings is 1. The quantitative estimate of drug-likeness (QED) is 0.408. The Hall–Kier alpha value is 0.171. The van der Waals surface area contributed by atoms with Crippen molar-refractivity contribution in [3.05, 3.63) is 29.3 Å². The number of hydrogen-bond donors (Lipinski definition) is 0. The van der Waals surface area contributed by atoms with Crippen molar-refractivity contribution in [1.29, 1.82) is 0 Å². The third kappa shape index (κ3) is 4.40. The Kier molecular flexibility index (Phi) is 5.93. The molecule has 0 atom stereocenters. The summed E-state index contributed by atoms with van der Waals surface area (Å²) in [4.78, 5) is 10.3. The topological polar surface area (TPSA) is 17.1 Å². The first-order valence-electron chi connectivity index (χ1n) is 4.02. The van der Waals surface area contributed by atoms with E-state index in [0.29, 0.717) is 12.1 Å². The van der Waals surface area contributed by atoms with Gasteiger partial charge in [-0.15, -0.1) is 5.46 Å². The maximum absolute atomic E-state index is 12.3. The van der Waals surface area contributed by atoms with Crippen LogP contribution in [0.25, 0.3) is 0 Å². The summed E-state index contributed by atoms with van der Waals surface area (Å²) in [6.07, 6.45) is -5.11. The average molecular weight is 280 g/mol. The number of hydrogen-bond acceptors (Lipinski definition) is 1. The minimum Gasteiger partial charge on any atom is -0.445 e. The van der Waals surface area contributed by atoms with Gasteiger partial charge in [0, 0.05) is 5.56 Å². The molecule has 0 spiro atoms. The second-order valence-corrected chi connectivity index (χ2v) is 3.04. The van der Waals surface area contributed by atoms with Crippen LogP contribution in [0.5, 0.6) is 0 Å². The van der Waals surface area contributed by atoms with Crippen LogP contribution in [0, 0.1) is 0 Å². The first kappa shape index (κ1) is 17.2. The molecule has 0 radical (unpaired) electrons. The molecule has 0 bridgehead atoms. The van der Waals surface area contributed by atoms with Crippen molar-refractivity contribution < 1.29 is 82.3 Å². The molecule has 17 heavy (non-hydrogen) atoms. The van der Waals surface area contributed by atoms with Crippen LogP contribution in [0.2, 0.25) is 0 Å². The third-order valence-electron chi connectivity index (χ3n) is 1.89. The summed E-state index contributed by atoms with van der Waals surface area (Å²) in [5, 5.41) is 0. The fourth-order valence-corrected chi connectivity index (χ4v) is 1.13. The van der Waals surface area contributed by atoms with Crippen molar-refractivity contribution in [1.82, 2.24) is 0 Å². The van der Waals surface area contributed by atoms with E-state index in [2.05, 4.69) is 0 Å². The second-order valence-electron chi connectivity index (χ2n) is 3.04. The Bertz CT molecular complexity index is 413. The monoisotopic (exact) mass is 280 g/mol. The number of carbonyl (C=O) groups excluding carboxylic acids is 1. The van der Waals surface area contributed by atoms with Gasteiger partial charge in [0.25, 0.3) is 0 Å². The normalized spacial score (nSPS) is 11.9. The molecule has 0 amide bonds. The van der Waals surface area contributed by atoms with Crippen LogP contribution in [-0.2, 0) is 6.18 Å². The molecule has 0 aromatic heterocycles. The van der Waals surface area contributed by atoms with E-state index in [-0.39, 0.29) is 63.7 Å². The fraction of sp³-hybridized carbons (Fsp3) is 0.125. The zero-order valence-corrected chi connectivity index (χ0v) is 11.7. The van der Waals surface area contributed by atoms with Gasteiger partial charge in [0.15, 0.2) is 6.29 Å². The number of rotatable bonds is 2. The van der Waals surface area contributed by atoms with Gasteiger partial charge in [0.05, 0.1) is 5.56 Å². The largest absolute Gasteiger partial charge is 1.00 e. The molecule has 0 saturated heterocycles. The summed E-state index contributed by atoms with van der Waals surface area (Å²) in [5.74, 6) is 0. The van der Waals surface area contributed by atoms with Crippen LogP contribution < -0.4 is 56.8 Å². The Morgan fingerprint density at radius 1 is 1.12 bits per heavy atom. The summed E-state index contributed by atoms with van der Waals surface area (Å²) >= 11 is 0. The molecule has 0 aliphatic rings. The van der Waals surface area contributed by atoms with Crippen LogP contribution in [-0.4, -0.2) is 13.3 Å². The molecule has 1 aromatic carbocycles. The van der Waals surface area contributed by atoms with Crippen molar-refractivity contribution in [3.8, 4) is 0 Å². The van der Waals surface area contributed by atoms with E-state index in [1.54, 1.807) is 0 Å². The van der Waals surface area contributed by atoms with Crippen LogP contribution in [0.4, 0.5) is 26.1 Å². The van der Waals surface area contributed by atoms with Gasteiger partial charge in [-0.05, 0) is 0 Å². The molecule has 0 saturated carbocycles.